The van der Waals surface area contributed by atoms with Crippen LogP contribution in [0.4, 0.5) is 12.9 Å². The summed E-state index contributed by atoms with van der Waals surface area (Å²) in [7, 11) is 1.46. The van der Waals surface area contributed by atoms with Crippen LogP contribution in [0.25, 0.3) is 5.69 Å². The van der Waals surface area contributed by atoms with Gasteiger partial charge in [-0.3, -0.25) is 12.9 Å². The number of pyridine rings is 1. The molecule has 4 rings (SSSR count). The summed E-state index contributed by atoms with van der Waals surface area (Å²) in [5.41, 5.74) is 5.17. The highest BCUT2D eigenvalue weighted by Crippen LogP contribution is 2.48. The highest BCUT2D eigenvalue weighted by Gasteiger charge is 2.35. The highest BCUT2D eigenvalue weighted by atomic mass is 31.1. The first kappa shape index (κ1) is 35.6. The van der Waals surface area contributed by atoms with Gasteiger partial charge in [0.2, 0.25) is 0 Å². The normalized spacial score (nSPS) is 10.7. The van der Waals surface area contributed by atoms with Crippen LogP contribution >= 0.6 is 7.92 Å². The van der Waals surface area contributed by atoms with Crippen molar-refractivity contribution in [3.8, 4) is 34.4 Å². The van der Waals surface area contributed by atoms with Gasteiger partial charge in [-0.1, -0.05) is 25.5 Å². The number of ether oxygens (including phenoxy) is 4. The maximum atomic E-state index is 12.3. The summed E-state index contributed by atoms with van der Waals surface area (Å²) in [6.07, 6.45) is 2.99. The van der Waals surface area contributed by atoms with Gasteiger partial charge in [-0.25, -0.2) is 0 Å². The predicted molar refractivity (Wildman–Crippen MR) is 176 cm³/mol. The Kier molecular flexibility index (Phi) is 13.0. The Labute approximate surface area is 265 Å². The van der Waals surface area contributed by atoms with E-state index >= 15 is 0 Å². The molecule has 0 atom stereocenters. The van der Waals surface area contributed by atoms with Crippen molar-refractivity contribution in [2.45, 2.75) is 47.0 Å². The van der Waals surface area contributed by atoms with E-state index in [9.17, 15) is 18.1 Å². The average molecular weight is 642 g/mol. The number of hydrogen-bond acceptors (Lipinski definition) is 5. The third-order valence-corrected chi connectivity index (χ3v) is 9.86. The smallest absolute Gasteiger partial charge is 0.502 e. The van der Waals surface area contributed by atoms with E-state index in [-0.39, 0.29) is 5.75 Å². The SMILES string of the molecule is CCCCc1cc(-[n+]2c(C)cc(C)cc2C)c(O)c(P(c2c(OC)cccc2OC)c2c(OC)cccc2OC)c1.FB(F)F. The molecule has 0 aliphatic carbocycles. The average Bonchev–Trinajstić information content (AvgIpc) is 3.01. The van der Waals surface area contributed by atoms with E-state index in [2.05, 4.69) is 56.5 Å². The molecule has 1 heterocycles. The Morgan fingerprint density at radius 2 is 1.16 bits per heavy atom. The maximum absolute atomic E-state index is 12.3. The van der Waals surface area contributed by atoms with Crippen LogP contribution < -0.4 is 39.4 Å². The van der Waals surface area contributed by atoms with Crippen LogP contribution in [0.5, 0.6) is 28.7 Å². The first-order valence-corrected chi connectivity index (χ1v) is 15.9. The zero-order valence-electron chi connectivity index (χ0n) is 27.1. The fourth-order valence-corrected chi connectivity index (χ4v) is 8.34. The topological polar surface area (TPSA) is 61.0 Å². The van der Waals surface area contributed by atoms with Crippen molar-refractivity contribution < 1.29 is 41.6 Å². The van der Waals surface area contributed by atoms with Crippen molar-refractivity contribution in [3.63, 3.8) is 0 Å². The lowest BCUT2D eigenvalue weighted by Gasteiger charge is -2.27. The van der Waals surface area contributed by atoms with Gasteiger partial charge in [0.15, 0.2) is 17.1 Å². The van der Waals surface area contributed by atoms with Crippen LogP contribution in [0, 0.1) is 20.8 Å². The van der Waals surface area contributed by atoms with Gasteiger partial charge in [0.05, 0.1) is 39.0 Å². The summed E-state index contributed by atoms with van der Waals surface area (Å²) in [4.78, 5) is 0. The van der Waals surface area contributed by atoms with Crippen LogP contribution in [-0.4, -0.2) is 41.1 Å². The zero-order valence-corrected chi connectivity index (χ0v) is 28.0. The molecule has 3 aromatic carbocycles. The number of phenols is 1. The number of halogens is 3. The van der Waals surface area contributed by atoms with E-state index < -0.39 is 15.5 Å². The maximum Gasteiger partial charge on any atom is 0.762 e. The van der Waals surface area contributed by atoms with Gasteiger partial charge in [-0.15, -0.1) is 0 Å². The number of aromatic hydroxyl groups is 1. The number of nitrogens with zero attached hydrogens (tertiary/aromatic N) is 1. The van der Waals surface area contributed by atoms with Gasteiger partial charge in [-0.05, 0) is 61.2 Å². The molecule has 0 amide bonds. The molecule has 45 heavy (non-hydrogen) atoms. The number of methoxy groups -OCH3 is 4. The Balaban J connectivity index is 0.00000130. The minimum Gasteiger partial charge on any atom is -0.502 e. The first-order chi connectivity index (χ1) is 21.5. The molecule has 11 heteroatoms. The lowest BCUT2D eigenvalue weighted by Crippen LogP contribution is -2.39. The van der Waals surface area contributed by atoms with Gasteiger partial charge in [0.25, 0.3) is 5.69 Å². The molecule has 4 aromatic rings. The lowest BCUT2D eigenvalue weighted by molar-refractivity contribution is -0.610. The van der Waals surface area contributed by atoms with Crippen molar-refractivity contribution in [3.05, 3.63) is 83.2 Å². The number of hydrogen-bond donors (Lipinski definition) is 1. The number of unbranched alkanes of at least 4 members (excludes halogenated alkanes) is 1. The van der Waals surface area contributed by atoms with Crippen molar-refractivity contribution in [1.29, 1.82) is 0 Å². The van der Waals surface area contributed by atoms with Gasteiger partial charge >= 0.3 is 7.54 Å². The fraction of sp³-hybridized carbons (Fsp3) is 0.324. The molecule has 6 nitrogen and oxygen atoms in total. The third kappa shape index (κ3) is 8.23. The molecule has 0 unspecified atom stereocenters. The molecule has 0 aliphatic rings. The number of aryl methyl sites for hydroxylation is 4. The van der Waals surface area contributed by atoms with Gasteiger partial charge < -0.3 is 24.1 Å². The molecule has 240 valence electrons. The molecular formula is C34H41BF3NO5P+. The second kappa shape index (κ2) is 16.4. The van der Waals surface area contributed by atoms with E-state index in [0.29, 0.717) is 23.0 Å². The molecule has 1 aromatic heterocycles. The van der Waals surface area contributed by atoms with E-state index in [0.717, 1.165) is 57.8 Å². The number of rotatable bonds is 11. The summed E-state index contributed by atoms with van der Waals surface area (Å²) in [6.45, 7) is 8.44. The van der Waals surface area contributed by atoms with Crippen LogP contribution in [0.2, 0.25) is 0 Å². The van der Waals surface area contributed by atoms with Gasteiger partial charge in [0.1, 0.15) is 23.0 Å². The summed E-state index contributed by atoms with van der Waals surface area (Å²) in [6, 6.07) is 20.1. The summed E-state index contributed by atoms with van der Waals surface area (Å²) in [5, 5.41) is 14.7. The second-order valence-corrected chi connectivity index (χ2v) is 12.4. The fourth-order valence-electron chi connectivity index (χ4n) is 5.47. The Bertz CT molecular complexity index is 1480. The predicted octanol–water partition coefficient (Wildman–Crippen LogP) is 6.61. The van der Waals surface area contributed by atoms with Crippen LogP contribution in [0.3, 0.4) is 0 Å². The van der Waals surface area contributed by atoms with Gasteiger partial charge in [0, 0.05) is 45.3 Å². The molecule has 0 saturated heterocycles. The first-order valence-electron chi connectivity index (χ1n) is 14.5. The van der Waals surface area contributed by atoms with E-state index in [1.165, 1.54) is 5.56 Å². The molecule has 0 aliphatic heterocycles. The summed E-state index contributed by atoms with van der Waals surface area (Å²) >= 11 is 0. The number of phenolic OH excluding ortho intramolecular Hbond substituents is 1. The molecule has 0 fully saturated rings. The quantitative estimate of drug-likeness (QED) is 0.113. The van der Waals surface area contributed by atoms with E-state index in [1.807, 2.05) is 36.4 Å². The molecule has 1 N–H and O–H groups in total. The lowest BCUT2D eigenvalue weighted by atomic mass is 10.1. The largest absolute Gasteiger partial charge is 0.762 e. The zero-order chi connectivity index (χ0) is 33.3. The Hall–Kier alpha value is -3.91. The van der Waals surface area contributed by atoms with Crippen molar-refractivity contribution in [2.75, 3.05) is 28.4 Å². The highest BCUT2D eigenvalue weighted by molar-refractivity contribution is 7.80. The van der Waals surface area contributed by atoms with Crippen LogP contribution in [0.15, 0.2) is 60.7 Å². The summed E-state index contributed by atoms with van der Waals surface area (Å²) < 4.78 is 54.8. The minimum absolute atomic E-state index is 0.206. The minimum atomic E-state index is -3.67. The molecular weight excluding hydrogens is 601 g/mol. The summed E-state index contributed by atoms with van der Waals surface area (Å²) in [5.74, 6) is 2.87. The van der Waals surface area contributed by atoms with Crippen molar-refractivity contribution >= 4 is 31.4 Å². The van der Waals surface area contributed by atoms with E-state index in [1.54, 1.807) is 28.4 Å². The molecule has 0 bridgehead atoms. The third-order valence-electron chi connectivity index (χ3n) is 7.26. The Morgan fingerprint density at radius 3 is 1.53 bits per heavy atom. The van der Waals surface area contributed by atoms with Crippen molar-refractivity contribution in [2.24, 2.45) is 0 Å². The second-order valence-electron chi connectivity index (χ2n) is 10.3. The van der Waals surface area contributed by atoms with Crippen LogP contribution in [-0.2, 0) is 6.42 Å². The van der Waals surface area contributed by atoms with E-state index in [4.69, 9.17) is 18.9 Å². The monoisotopic (exact) mass is 642 g/mol. The van der Waals surface area contributed by atoms with Crippen molar-refractivity contribution in [1.82, 2.24) is 0 Å². The molecule has 0 radical (unpaired) electrons. The van der Waals surface area contributed by atoms with Gasteiger partial charge in [-0.2, -0.15) is 4.57 Å². The number of benzene rings is 3. The molecule has 0 spiro atoms. The molecule has 0 saturated carbocycles. The number of aromatic nitrogens is 1. The standard InChI is InChI=1S/C34H40NO5P.BF3/c1-9-10-13-25-20-26(35-23(3)18-22(2)19-24(35)4)32(36)31(21-25)41(33-27(37-5)14-11-15-28(33)38-6)34-29(39-7)16-12-17-30(34)40-8;2-1(3)4/h11-12,14-21H,9-10,13H2,1-8H3;/p+1. The Morgan fingerprint density at radius 1 is 0.733 bits per heavy atom. The van der Waals surface area contributed by atoms with Crippen LogP contribution in [0.1, 0.15) is 42.3 Å².